The van der Waals surface area contributed by atoms with E-state index >= 15 is 0 Å². The summed E-state index contributed by atoms with van der Waals surface area (Å²) in [5, 5.41) is 6.57. The first kappa shape index (κ1) is 15.8. The topological polar surface area (TPSA) is 41.1 Å². The normalized spacial score (nSPS) is 10.6. The minimum absolute atomic E-state index is 0.156. The average molecular weight is 283 g/mol. The Hall–Kier alpha value is -1.22. The van der Waals surface area contributed by atoms with Gasteiger partial charge in [0.05, 0.1) is 10.6 Å². The number of carbonyl (C=O) groups is 1. The molecule has 4 heteroatoms. The van der Waals surface area contributed by atoms with Crippen molar-refractivity contribution in [2.75, 3.05) is 12.4 Å². The maximum atomic E-state index is 11.7. The third-order valence-electron chi connectivity index (χ3n) is 3.08. The molecule has 0 radical (unpaired) electrons. The van der Waals surface area contributed by atoms with Crippen molar-refractivity contribution in [3.63, 3.8) is 0 Å². The van der Waals surface area contributed by atoms with E-state index in [0.717, 1.165) is 31.4 Å². The molecule has 0 aliphatic heterocycles. The van der Waals surface area contributed by atoms with Crippen LogP contribution in [0.5, 0.6) is 0 Å². The number of anilines is 1. The van der Waals surface area contributed by atoms with E-state index < -0.39 is 0 Å². The van der Waals surface area contributed by atoms with E-state index in [1.165, 1.54) is 0 Å². The van der Waals surface area contributed by atoms with Gasteiger partial charge in [0.25, 0.3) is 5.91 Å². The first-order valence-electron chi connectivity index (χ1n) is 6.90. The lowest BCUT2D eigenvalue weighted by molar-refractivity contribution is 0.0963. The number of hydrogen-bond donors (Lipinski definition) is 2. The summed E-state index contributed by atoms with van der Waals surface area (Å²) in [6.07, 6.45) is 4.55. The van der Waals surface area contributed by atoms with E-state index in [1.54, 1.807) is 13.1 Å². The van der Waals surface area contributed by atoms with Gasteiger partial charge in [-0.1, -0.05) is 38.3 Å². The quantitative estimate of drug-likeness (QED) is 0.791. The average Bonchev–Trinajstić information content (AvgIpc) is 2.40. The molecule has 0 aliphatic carbocycles. The van der Waals surface area contributed by atoms with Crippen LogP contribution in [0.15, 0.2) is 18.2 Å². The van der Waals surface area contributed by atoms with Crippen LogP contribution >= 0.6 is 11.6 Å². The van der Waals surface area contributed by atoms with Gasteiger partial charge < -0.3 is 10.6 Å². The van der Waals surface area contributed by atoms with Crippen LogP contribution in [0.4, 0.5) is 5.69 Å². The molecule has 0 atom stereocenters. The highest BCUT2D eigenvalue weighted by atomic mass is 35.5. The van der Waals surface area contributed by atoms with Gasteiger partial charge in [-0.3, -0.25) is 4.79 Å². The number of carbonyl (C=O) groups excluding carboxylic acids is 1. The predicted octanol–water partition coefficient (Wildman–Crippen LogP) is 4.08. The van der Waals surface area contributed by atoms with Crippen LogP contribution in [0.25, 0.3) is 0 Å². The van der Waals surface area contributed by atoms with Crippen LogP contribution in [-0.4, -0.2) is 19.0 Å². The highest BCUT2D eigenvalue weighted by Gasteiger charge is 2.11. The Morgan fingerprint density at radius 1 is 1.26 bits per heavy atom. The summed E-state index contributed by atoms with van der Waals surface area (Å²) in [4.78, 5) is 11.7. The van der Waals surface area contributed by atoms with E-state index in [2.05, 4.69) is 24.5 Å². The summed E-state index contributed by atoms with van der Waals surface area (Å²) < 4.78 is 0. The largest absolute Gasteiger partial charge is 0.382 e. The third kappa shape index (κ3) is 4.75. The van der Waals surface area contributed by atoms with E-state index in [1.807, 2.05) is 12.1 Å². The van der Waals surface area contributed by atoms with Gasteiger partial charge in [-0.25, -0.2) is 0 Å². The molecule has 0 spiro atoms. The lowest BCUT2D eigenvalue weighted by Crippen LogP contribution is -2.21. The van der Waals surface area contributed by atoms with E-state index in [4.69, 9.17) is 11.6 Å². The molecule has 0 saturated carbocycles. The van der Waals surface area contributed by atoms with Crippen LogP contribution in [-0.2, 0) is 0 Å². The summed E-state index contributed by atoms with van der Waals surface area (Å²) in [6, 6.07) is 5.96. The molecule has 0 fully saturated rings. The van der Waals surface area contributed by atoms with Crippen molar-refractivity contribution in [3.05, 3.63) is 28.8 Å². The van der Waals surface area contributed by atoms with Gasteiger partial charge in [0.2, 0.25) is 0 Å². The van der Waals surface area contributed by atoms with Gasteiger partial charge in [0.1, 0.15) is 0 Å². The molecule has 19 heavy (non-hydrogen) atoms. The highest BCUT2D eigenvalue weighted by Crippen LogP contribution is 2.22. The standard InChI is InChI=1S/C15H23ClN2O/c1-4-6-11(7-5-2)18-12-8-9-14(16)13(10-12)15(19)17-3/h8-11,18H,4-7H2,1-3H3,(H,17,19). The van der Waals surface area contributed by atoms with Crippen molar-refractivity contribution in [1.82, 2.24) is 5.32 Å². The van der Waals surface area contributed by atoms with Crippen LogP contribution in [0.3, 0.4) is 0 Å². The summed E-state index contributed by atoms with van der Waals surface area (Å²) in [5.74, 6) is -0.156. The number of rotatable bonds is 7. The second-order valence-corrected chi connectivity index (χ2v) is 5.10. The van der Waals surface area contributed by atoms with Crippen molar-refractivity contribution in [3.8, 4) is 0 Å². The molecule has 1 rings (SSSR count). The van der Waals surface area contributed by atoms with E-state index in [9.17, 15) is 4.79 Å². The molecule has 1 aromatic carbocycles. The Labute approximate surface area is 120 Å². The molecule has 0 heterocycles. The lowest BCUT2D eigenvalue weighted by atomic mass is 10.1. The smallest absolute Gasteiger partial charge is 0.252 e. The molecule has 0 unspecified atom stereocenters. The Bertz CT molecular complexity index is 415. The number of amides is 1. The zero-order valence-electron chi connectivity index (χ0n) is 11.9. The van der Waals surface area contributed by atoms with Gasteiger partial charge in [0, 0.05) is 18.8 Å². The molecule has 3 nitrogen and oxygen atoms in total. The van der Waals surface area contributed by atoms with Crippen LogP contribution < -0.4 is 10.6 Å². The molecule has 0 saturated heterocycles. The zero-order valence-corrected chi connectivity index (χ0v) is 12.7. The second kappa shape index (κ2) is 8.05. The third-order valence-corrected chi connectivity index (χ3v) is 3.41. The van der Waals surface area contributed by atoms with Crippen molar-refractivity contribution < 1.29 is 4.79 Å². The Morgan fingerprint density at radius 3 is 2.42 bits per heavy atom. The molecular weight excluding hydrogens is 260 g/mol. The molecule has 0 bridgehead atoms. The lowest BCUT2D eigenvalue weighted by Gasteiger charge is -2.19. The monoisotopic (exact) mass is 282 g/mol. The fraction of sp³-hybridized carbons (Fsp3) is 0.533. The van der Waals surface area contributed by atoms with Gasteiger partial charge >= 0.3 is 0 Å². The Kier molecular flexibility index (Phi) is 6.71. The van der Waals surface area contributed by atoms with Crippen LogP contribution in [0, 0.1) is 0 Å². The van der Waals surface area contributed by atoms with Crippen molar-refractivity contribution in [2.24, 2.45) is 0 Å². The summed E-state index contributed by atoms with van der Waals surface area (Å²) in [7, 11) is 1.61. The second-order valence-electron chi connectivity index (χ2n) is 4.69. The molecule has 2 N–H and O–H groups in total. The maximum Gasteiger partial charge on any atom is 0.252 e. The first-order valence-corrected chi connectivity index (χ1v) is 7.28. The fourth-order valence-electron chi connectivity index (χ4n) is 2.15. The predicted molar refractivity (Wildman–Crippen MR) is 82.1 cm³/mol. The Balaban J connectivity index is 2.85. The number of hydrogen-bond acceptors (Lipinski definition) is 2. The van der Waals surface area contributed by atoms with Gasteiger partial charge in [-0.05, 0) is 31.0 Å². The molecule has 1 amide bonds. The van der Waals surface area contributed by atoms with Gasteiger partial charge in [-0.15, -0.1) is 0 Å². The van der Waals surface area contributed by atoms with Crippen molar-refractivity contribution in [2.45, 2.75) is 45.6 Å². The minimum atomic E-state index is -0.156. The SMILES string of the molecule is CCCC(CCC)Nc1ccc(Cl)c(C(=O)NC)c1. The van der Waals surface area contributed by atoms with Crippen molar-refractivity contribution >= 4 is 23.2 Å². The minimum Gasteiger partial charge on any atom is -0.382 e. The van der Waals surface area contributed by atoms with Crippen LogP contribution in [0.1, 0.15) is 49.9 Å². The van der Waals surface area contributed by atoms with E-state index in [0.29, 0.717) is 16.6 Å². The molecule has 0 aromatic heterocycles. The number of halogens is 1. The molecule has 0 aliphatic rings. The van der Waals surface area contributed by atoms with Gasteiger partial charge in [0.15, 0.2) is 0 Å². The molecule has 106 valence electrons. The fourth-order valence-corrected chi connectivity index (χ4v) is 2.35. The maximum absolute atomic E-state index is 11.7. The molecule has 1 aromatic rings. The number of nitrogens with one attached hydrogen (secondary N) is 2. The van der Waals surface area contributed by atoms with Crippen molar-refractivity contribution in [1.29, 1.82) is 0 Å². The molecular formula is C15H23ClN2O. The first-order chi connectivity index (χ1) is 9.12. The Morgan fingerprint density at radius 2 is 1.89 bits per heavy atom. The zero-order chi connectivity index (χ0) is 14.3. The number of benzene rings is 1. The summed E-state index contributed by atoms with van der Waals surface area (Å²) in [6.45, 7) is 4.37. The summed E-state index contributed by atoms with van der Waals surface area (Å²) in [5.41, 5.74) is 1.47. The van der Waals surface area contributed by atoms with Crippen LogP contribution in [0.2, 0.25) is 5.02 Å². The van der Waals surface area contributed by atoms with Gasteiger partial charge in [-0.2, -0.15) is 0 Å². The van der Waals surface area contributed by atoms with E-state index in [-0.39, 0.29) is 5.91 Å². The summed E-state index contributed by atoms with van der Waals surface area (Å²) >= 11 is 6.04. The highest BCUT2D eigenvalue weighted by molar-refractivity contribution is 6.34.